The molecule has 1 aliphatic heterocycles. The van der Waals surface area contributed by atoms with Crippen molar-refractivity contribution in [2.24, 2.45) is 0 Å². The number of ether oxygens (including phenoxy) is 1. The smallest absolute Gasteiger partial charge is 0.266 e. The van der Waals surface area contributed by atoms with Crippen LogP contribution in [0.2, 0.25) is 0 Å². The summed E-state index contributed by atoms with van der Waals surface area (Å²) < 4.78 is 45.1. The number of nitrogens with zero attached hydrogens (tertiary/aromatic N) is 2. The Labute approximate surface area is 137 Å². The van der Waals surface area contributed by atoms with Gasteiger partial charge >= 0.3 is 0 Å². The van der Waals surface area contributed by atoms with Crippen LogP contribution in [0.4, 0.5) is 18.9 Å². The Morgan fingerprint density at radius 2 is 1.92 bits per heavy atom. The fourth-order valence-electron chi connectivity index (χ4n) is 2.44. The number of morpholine rings is 1. The monoisotopic (exact) mass is 339 g/mol. The van der Waals surface area contributed by atoms with E-state index in [1.807, 2.05) is 0 Å². The Kier molecular flexibility index (Phi) is 5.46. The van der Waals surface area contributed by atoms with Gasteiger partial charge in [0.15, 0.2) is 17.5 Å². The lowest BCUT2D eigenvalue weighted by molar-refractivity contribution is -0.138. The van der Waals surface area contributed by atoms with Gasteiger partial charge in [-0.15, -0.1) is 0 Å². The van der Waals surface area contributed by atoms with Gasteiger partial charge in [-0.1, -0.05) is 0 Å². The van der Waals surface area contributed by atoms with Crippen molar-refractivity contribution in [3.8, 4) is 6.07 Å². The zero-order valence-corrected chi connectivity index (χ0v) is 13.1. The van der Waals surface area contributed by atoms with E-state index in [1.54, 1.807) is 19.9 Å². The minimum Gasteiger partial charge on any atom is -0.372 e. The molecule has 1 aliphatic rings. The Morgan fingerprint density at radius 3 is 2.50 bits per heavy atom. The normalized spacial score (nSPS) is 21.3. The van der Waals surface area contributed by atoms with Crippen molar-refractivity contribution in [3.05, 3.63) is 41.4 Å². The molecular formula is C16H16F3N3O2. The van der Waals surface area contributed by atoms with E-state index in [-0.39, 0.29) is 23.5 Å². The number of carbonyl (C=O) groups is 1. The quantitative estimate of drug-likeness (QED) is 0.522. The predicted molar refractivity (Wildman–Crippen MR) is 80.2 cm³/mol. The molecule has 0 aromatic heterocycles. The predicted octanol–water partition coefficient (Wildman–Crippen LogP) is 2.56. The summed E-state index contributed by atoms with van der Waals surface area (Å²) >= 11 is 0. The van der Waals surface area contributed by atoms with Gasteiger partial charge in [-0.05, 0) is 26.0 Å². The second-order valence-electron chi connectivity index (χ2n) is 5.50. The molecule has 2 rings (SSSR count). The second-order valence-corrected chi connectivity index (χ2v) is 5.50. The summed E-state index contributed by atoms with van der Waals surface area (Å²) in [5.41, 5.74) is -0.654. The van der Waals surface area contributed by atoms with Crippen molar-refractivity contribution in [3.63, 3.8) is 0 Å². The molecule has 24 heavy (non-hydrogen) atoms. The van der Waals surface area contributed by atoms with Gasteiger partial charge in [-0.3, -0.25) is 4.79 Å². The van der Waals surface area contributed by atoms with Gasteiger partial charge in [0, 0.05) is 19.3 Å². The maximum absolute atomic E-state index is 13.6. The highest BCUT2D eigenvalue weighted by Crippen LogP contribution is 2.20. The van der Waals surface area contributed by atoms with Gasteiger partial charge in [0.05, 0.1) is 17.9 Å². The van der Waals surface area contributed by atoms with Crippen LogP contribution in [0.1, 0.15) is 13.8 Å². The van der Waals surface area contributed by atoms with Crippen molar-refractivity contribution in [1.29, 1.82) is 5.26 Å². The molecule has 1 aromatic carbocycles. The largest absolute Gasteiger partial charge is 0.372 e. The van der Waals surface area contributed by atoms with E-state index in [0.29, 0.717) is 13.1 Å². The lowest BCUT2D eigenvalue weighted by Gasteiger charge is -2.35. The molecule has 128 valence electrons. The van der Waals surface area contributed by atoms with E-state index in [9.17, 15) is 18.0 Å². The van der Waals surface area contributed by atoms with Crippen LogP contribution in [0.25, 0.3) is 0 Å². The molecule has 1 heterocycles. The number of amides is 1. The summed E-state index contributed by atoms with van der Waals surface area (Å²) in [7, 11) is 0. The van der Waals surface area contributed by atoms with Crippen LogP contribution in [-0.4, -0.2) is 36.1 Å². The van der Waals surface area contributed by atoms with E-state index in [0.717, 1.165) is 18.3 Å². The van der Waals surface area contributed by atoms with Crippen LogP contribution < -0.4 is 5.32 Å². The minimum absolute atomic E-state index is 0.172. The first-order valence-electron chi connectivity index (χ1n) is 7.28. The van der Waals surface area contributed by atoms with E-state index in [1.165, 1.54) is 4.90 Å². The van der Waals surface area contributed by atoms with Crippen molar-refractivity contribution >= 4 is 11.6 Å². The van der Waals surface area contributed by atoms with E-state index in [4.69, 9.17) is 10.00 Å². The topological polar surface area (TPSA) is 65.4 Å². The van der Waals surface area contributed by atoms with E-state index in [2.05, 4.69) is 5.32 Å². The molecule has 1 amide bonds. The number of benzene rings is 1. The van der Waals surface area contributed by atoms with Crippen LogP contribution in [-0.2, 0) is 9.53 Å². The molecule has 2 atom stereocenters. The standard InChI is InChI=1S/C16H16F3N3O2/c1-9-7-22(8-10(2)24-9)16(23)11(5-20)6-21-13-4-3-12(17)14(18)15(13)19/h3-4,6,9-10,21H,7-8H2,1-2H3/b11-6-. The number of nitrogens with one attached hydrogen (secondary N) is 1. The number of hydrogen-bond acceptors (Lipinski definition) is 4. The summed E-state index contributed by atoms with van der Waals surface area (Å²) in [5.74, 6) is -4.93. The lowest BCUT2D eigenvalue weighted by Crippen LogP contribution is -2.48. The van der Waals surface area contributed by atoms with Gasteiger partial charge in [0.1, 0.15) is 11.6 Å². The zero-order valence-electron chi connectivity index (χ0n) is 13.1. The Morgan fingerprint density at radius 1 is 1.29 bits per heavy atom. The number of hydrogen-bond donors (Lipinski definition) is 1. The molecule has 0 bridgehead atoms. The highest BCUT2D eigenvalue weighted by atomic mass is 19.2. The van der Waals surface area contributed by atoms with Crippen LogP contribution >= 0.6 is 0 Å². The number of nitriles is 1. The third kappa shape index (κ3) is 3.86. The molecular weight excluding hydrogens is 323 g/mol. The number of carbonyl (C=O) groups excluding carboxylic acids is 1. The highest BCUT2D eigenvalue weighted by molar-refractivity contribution is 5.97. The molecule has 2 unspecified atom stereocenters. The molecule has 0 saturated carbocycles. The summed E-state index contributed by atoms with van der Waals surface area (Å²) in [6.07, 6.45) is 0.631. The van der Waals surface area contributed by atoms with E-state index < -0.39 is 23.4 Å². The van der Waals surface area contributed by atoms with Gasteiger partial charge in [-0.25, -0.2) is 13.2 Å². The molecule has 0 radical (unpaired) electrons. The Balaban J connectivity index is 2.16. The SMILES string of the molecule is CC1CN(C(=O)/C(C#N)=C\Nc2ccc(F)c(F)c2F)CC(C)O1. The average Bonchev–Trinajstić information content (AvgIpc) is 2.54. The number of rotatable bonds is 3. The summed E-state index contributed by atoms with van der Waals surface area (Å²) in [4.78, 5) is 13.8. The van der Waals surface area contributed by atoms with Crippen molar-refractivity contribution in [2.75, 3.05) is 18.4 Å². The maximum Gasteiger partial charge on any atom is 0.266 e. The molecule has 1 N–H and O–H groups in total. The Hall–Kier alpha value is -2.53. The maximum atomic E-state index is 13.6. The fourth-order valence-corrected chi connectivity index (χ4v) is 2.44. The first-order chi connectivity index (χ1) is 11.3. The minimum atomic E-state index is -1.63. The first-order valence-corrected chi connectivity index (χ1v) is 7.28. The van der Waals surface area contributed by atoms with Crippen molar-refractivity contribution in [1.82, 2.24) is 4.90 Å². The van der Waals surface area contributed by atoms with Gasteiger partial charge < -0.3 is 15.0 Å². The molecule has 0 aliphatic carbocycles. The Bertz CT molecular complexity index is 705. The fraction of sp³-hybridized carbons (Fsp3) is 0.375. The average molecular weight is 339 g/mol. The van der Waals surface area contributed by atoms with Crippen LogP contribution in [0.15, 0.2) is 23.9 Å². The molecule has 1 fully saturated rings. The first kappa shape index (κ1) is 17.8. The van der Waals surface area contributed by atoms with Gasteiger partial charge in [-0.2, -0.15) is 5.26 Å². The summed E-state index contributed by atoms with van der Waals surface area (Å²) in [6.45, 7) is 4.25. The molecule has 1 saturated heterocycles. The van der Waals surface area contributed by atoms with Crippen LogP contribution in [0, 0.1) is 28.8 Å². The zero-order chi connectivity index (χ0) is 17.9. The summed E-state index contributed by atoms with van der Waals surface area (Å²) in [5, 5.41) is 11.5. The highest BCUT2D eigenvalue weighted by Gasteiger charge is 2.27. The lowest BCUT2D eigenvalue weighted by atomic mass is 10.2. The van der Waals surface area contributed by atoms with Crippen molar-refractivity contribution < 1.29 is 22.7 Å². The van der Waals surface area contributed by atoms with Gasteiger partial charge in [0.2, 0.25) is 0 Å². The second kappa shape index (κ2) is 7.36. The molecule has 0 spiro atoms. The number of anilines is 1. The molecule has 5 nitrogen and oxygen atoms in total. The van der Waals surface area contributed by atoms with Gasteiger partial charge in [0.25, 0.3) is 5.91 Å². The third-order valence-corrected chi connectivity index (χ3v) is 3.46. The van der Waals surface area contributed by atoms with E-state index >= 15 is 0 Å². The molecule has 1 aromatic rings. The van der Waals surface area contributed by atoms with Crippen LogP contribution in [0.3, 0.4) is 0 Å². The van der Waals surface area contributed by atoms with Crippen LogP contribution in [0.5, 0.6) is 0 Å². The number of halogens is 3. The summed E-state index contributed by atoms with van der Waals surface area (Å²) in [6, 6.07) is 3.44. The van der Waals surface area contributed by atoms with Crippen molar-refractivity contribution in [2.45, 2.75) is 26.1 Å². The molecule has 8 heteroatoms. The third-order valence-electron chi connectivity index (χ3n) is 3.46.